The summed E-state index contributed by atoms with van der Waals surface area (Å²) in [5.41, 5.74) is -0.296. The van der Waals surface area contributed by atoms with Crippen LogP contribution in [0.1, 0.15) is 136 Å². The van der Waals surface area contributed by atoms with Crippen molar-refractivity contribution < 1.29 is 14.3 Å². The molecule has 194 valence electrons. The molecule has 0 aromatic heterocycles. The molecule has 1 aromatic rings. The Labute approximate surface area is 208 Å². The number of carbonyl (C=O) groups excluding carboxylic acids is 1. The fourth-order valence-corrected chi connectivity index (χ4v) is 4.07. The zero-order valence-corrected chi connectivity index (χ0v) is 22.1. The van der Waals surface area contributed by atoms with Crippen molar-refractivity contribution in [3.8, 4) is 11.5 Å². The van der Waals surface area contributed by atoms with E-state index in [1.54, 1.807) is 18.2 Å². The van der Waals surface area contributed by atoms with Gasteiger partial charge in [-0.1, -0.05) is 117 Å². The van der Waals surface area contributed by atoms with Crippen molar-refractivity contribution in [3.05, 3.63) is 34.5 Å². The molecular weight excluding hydrogens is 424 g/mol. The van der Waals surface area contributed by atoms with Crippen LogP contribution in [-0.4, -0.2) is 12.6 Å². The van der Waals surface area contributed by atoms with Gasteiger partial charge in [0.15, 0.2) is 5.75 Å². The minimum Gasteiger partial charge on any atom is -0.494 e. The first-order valence-electron chi connectivity index (χ1n) is 14.1. The molecule has 0 bridgehead atoms. The number of hydrogen-bond donors (Lipinski definition) is 0. The van der Waals surface area contributed by atoms with Crippen molar-refractivity contribution in [2.45, 2.75) is 136 Å². The van der Waals surface area contributed by atoms with Gasteiger partial charge in [0.1, 0.15) is 5.75 Å². The summed E-state index contributed by atoms with van der Waals surface area (Å²) in [6.45, 7) is 5.07. The van der Waals surface area contributed by atoms with Gasteiger partial charge in [-0.25, -0.2) is 0 Å². The van der Waals surface area contributed by atoms with Gasteiger partial charge in [0, 0.05) is 6.42 Å². The van der Waals surface area contributed by atoms with E-state index in [-0.39, 0.29) is 17.1 Å². The van der Waals surface area contributed by atoms with Gasteiger partial charge in [-0.2, -0.15) is 0 Å². The van der Waals surface area contributed by atoms with Crippen LogP contribution in [0.25, 0.3) is 0 Å². The first-order chi connectivity index (χ1) is 16.7. The van der Waals surface area contributed by atoms with Crippen LogP contribution < -0.4 is 14.9 Å². The van der Waals surface area contributed by atoms with Crippen LogP contribution in [0.4, 0.5) is 0 Å². The lowest BCUT2D eigenvalue weighted by atomic mass is 10.0. The molecule has 0 atom stereocenters. The van der Waals surface area contributed by atoms with Crippen LogP contribution >= 0.6 is 0 Å². The Hall–Kier alpha value is -1.84. The Bertz CT molecular complexity index is 686. The molecule has 0 saturated carbocycles. The Morgan fingerprint density at radius 1 is 0.618 bits per heavy atom. The predicted molar refractivity (Wildman–Crippen MR) is 143 cm³/mol. The van der Waals surface area contributed by atoms with E-state index in [0.717, 1.165) is 25.7 Å². The zero-order valence-electron chi connectivity index (χ0n) is 22.1. The average molecular weight is 475 g/mol. The van der Waals surface area contributed by atoms with Crippen molar-refractivity contribution >= 4 is 5.97 Å². The fraction of sp³-hybridized carbons (Fsp3) is 0.733. The van der Waals surface area contributed by atoms with Crippen LogP contribution in [0.2, 0.25) is 0 Å². The highest BCUT2D eigenvalue weighted by molar-refractivity contribution is 5.72. The molecule has 0 radical (unpaired) electrons. The van der Waals surface area contributed by atoms with Gasteiger partial charge < -0.3 is 9.47 Å². The lowest BCUT2D eigenvalue weighted by Crippen LogP contribution is -2.12. The normalized spacial score (nSPS) is 10.9. The van der Waals surface area contributed by atoms with E-state index in [2.05, 4.69) is 13.8 Å². The number of carbonyl (C=O) groups is 1. The number of rotatable bonds is 22. The molecule has 4 heteroatoms. The zero-order chi connectivity index (χ0) is 24.7. The minimum absolute atomic E-state index is 0.0781. The molecule has 1 rings (SSSR count). The van der Waals surface area contributed by atoms with E-state index in [9.17, 15) is 9.59 Å². The summed E-state index contributed by atoms with van der Waals surface area (Å²) in [6.07, 6.45) is 22.9. The van der Waals surface area contributed by atoms with Gasteiger partial charge >= 0.3 is 5.97 Å². The van der Waals surface area contributed by atoms with Gasteiger partial charge in [0.25, 0.3) is 0 Å². The molecule has 1 aromatic carbocycles. The summed E-state index contributed by atoms with van der Waals surface area (Å²) in [5, 5.41) is 0. The molecule has 0 saturated heterocycles. The molecule has 0 amide bonds. The maximum absolute atomic E-state index is 12.2. The summed E-state index contributed by atoms with van der Waals surface area (Å²) in [4.78, 5) is 24.2. The molecule has 34 heavy (non-hydrogen) atoms. The van der Waals surface area contributed by atoms with Crippen molar-refractivity contribution in [3.63, 3.8) is 0 Å². The number of unbranched alkanes of at least 4 members (excludes halogenated alkanes) is 16. The van der Waals surface area contributed by atoms with E-state index in [0.29, 0.717) is 18.8 Å². The standard InChI is InChI=1S/C30H50O4/c1-3-5-7-9-10-11-12-13-14-15-16-18-20-26-33-27-22-24-28(31)29(25-23-27)34-30(32)21-19-17-8-6-4-2/h22-25H,3-21,26H2,1-2H3. The molecule has 0 unspecified atom stereocenters. The first-order valence-corrected chi connectivity index (χ1v) is 14.1. The number of hydrogen-bond acceptors (Lipinski definition) is 4. The quantitative estimate of drug-likeness (QED) is 0.124. The lowest BCUT2D eigenvalue weighted by molar-refractivity contribution is -0.134. The maximum Gasteiger partial charge on any atom is 0.311 e. The summed E-state index contributed by atoms with van der Waals surface area (Å²) in [5.74, 6) is 0.376. The third-order valence-electron chi connectivity index (χ3n) is 6.27. The smallest absolute Gasteiger partial charge is 0.311 e. The van der Waals surface area contributed by atoms with Gasteiger partial charge in [-0.3, -0.25) is 9.59 Å². The Kier molecular flexibility index (Phi) is 19.2. The highest BCUT2D eigenvalue weighted by Crippen LogP contribution is 2.15. The van der Waals surface area contributed by atoms with Crippen LogP contribution in [0.15, 0.2) is 29.1 Å². The third kappa shape index (κ3) is 16.7. The van der Waals surface area contributed by atoms with Gasteiger partial charge in [-0.15, -0.1) is 0 Å². The predicted octanol–water partition coefficient (Wildman–Crippen LogP) is 8.78. The van der Waals surface area contributed by atoms with Gasteiger partial charge in [0.05, 0.1) is 6.61 Å². The lowest BCUT2D eigenvalue weighted by Gasteiger charge is -2.05. The van der Waals surface area contributed by atoms with E-state index in [1.165, 1.54) is 96.0 Å². The second kappa shape index (κ2) is 21.7. The molecule has 0 aliphatic heterocycles. The fourth-order valence-electron chi connectivity index (χ4n) is 4.07. The van der Waals surface area contributed by atoms with E-state index >= 15 is 0 Å². The monoisotopic (exact) mass is 474 g/mol. The maximum atomic E-state index is 12.2. The highest BCUT2D eigenvalue weighted by atomic mass is 16.5. The molecule has 0 aliphatic rings. The van der Waals surface area contributed by atoms with Crippen LogP contribution in [0.3, 0.4) is 0 Å². The summed E-state index contributed by atoms with van der Waals surface area (Å²) in [7, 11) is 0. The Morgan fingerprint density at radius 2 is 1.09 bits per heavy atom. The molecule has 4 nitrogen and oxygen atoms in total. The van der Waals surface area contributed by atoms with Gasteiger partial charge in [0.2, 0.25) is 5.43 Å². The van der Waals surface area contributed by atoms with E-state index in [4.69, 9.17) is 9.47 Å². The van der Waals surface area contributed by atoms with Crippen LogP contribution in [0, 0.1) is 0 Å². The molecule has 0 N–H and O–H groups in total. The molecule has 0 spiro atoms. The highest BCUT2D eigenvalue weighted by Gasteiger charge is 2.07. The summed E-state index contributed by atoms with van der Waals surface area (Å²) < 4.78 is 11.1. The SMILES string of the molecule is CCCCCCCCCCCCCCCOc1ccc(OC(=O)CCCCCCC)c(=O)cc1. The van der Waals surface area contributed by atoms with Crippen molar-refractivity contribution in [2.24, 2.45) is 0 Å². The second-order valence-corrected chi connectivity index (χ2v) is 9.53. The van der Waals surface area contributed by atoms with Crippen molar-refractivity contribution in [1.29, 1.82) is 0 Å². The third-order valence-corrected chi connectivity index (χ3v) is 6.27. The van der Waals surface area contributed by atoms with Crippen molar-refractivity contribution in [2.75, 3.05) is 6.61 Å². The molecule has 0 fully saturated rings. The van der Waals surface area contributed by atoms with Crippen LogP contribution in [0.5, 0.6) is 11.5 Å². The Morgan fingerprint density at radius 3 is 1.65 bits per heavy atom. The number of esters is 1. The van der Waals surface area contributed by atoms with Crippen molar-refractivity contribution in [1.82, 2.24) is 0 Å². The topological polar surface area (TPSA) is 52.6 Å². The Balaban J connectivity index is 2.12. The van der Waals surface area contributed by atoms with E-state index < -0.39 is 0 Å². The van der Waals surface area contributed by atoms with Crippen LogP contribution in [-0.2, 0) is 4.79 Å². The second-order valence-electron chi connectivity index (χ2n) is 9.53. The minimum atomic E-state index is -0.339. The summed E-state index contributed by atoms with van der Waals surface area (Å²) >= 11 is 0. The average Bonchev–Trinajstić information content (AvgIpc) is 3.00. The van der Waals surface area contributed by atoms with E-state index in [1.807, 2.05) is 0 Å². The first kappa shape index (κ1) is 30.2. The molecular formula is C30H50O4. The summed E-state index contributed by atoms with van der Waals surface area (Å²) in [6, 6.07) is 6.35. The number of ether oxygens (including phenoxy) is 2. The molecule has 0 heterocycles. The molecule has 0 aliphatic carbocycles. The largest absolute Gasteiger partial charge is 0.494 e. The van der Waals surface area contributed by atoms with Gasteiger partial charge in [-0.05, 0) is 37.1 Å².